The molecule has 14 heavy (non-hydrogen) atoms. The van der Waals surface area contributed by atoms with Crippen LogP contribution in [0.2, 0.25) is 0 Å². The van der Waals surface area contributed by atoms with Gasteiger partial charge in [0, 0.05) is 19.2 Å². The Labute approximate surface area is 88.3 Å². The van der Waals surface area contributed by atoms with Crippen LogP contribution in [-0.4, -0.2) is 12.8 Å². The van der Waals surface area contributed by atoms with Gasteiger partial charge in [-0.25, -0.2) is 0 Å². The van der Waals surface area contributed by atoms with Crippen LogP contribution in [0.4, 0.5) is 0 Å². The van der Waals surface area contributed by atoms with E-state index in [4.69, 9.17) is 0 Å². The Bertz CT molecular complexity index is 152. The van der Waals surface area contributed by atoms with E-state index >= 15 is 0 Å². The molecule has 0 amide bonds. The predicted octanol–water partition coefficient (Wildman–Crippen LogP) is 4.14. The lowest BCUT2D eigenvalue weighted by Gasteiger charge is -2.00. The molecule has 1 heterocycles. The second kappa shape index (κ2) is 8.98. The Morgan fingerprint density at radius 3 is 2.29 bits per heavy atom. The Morgan fingerprint density at radius 1 is 0.714 bits per heavy atom. The van der Waals surface area contributed by atoms with Crippen molar-refractivity contribution in [2.75, 3.05) is 6.54 Å². The van der Waals surface area contributed by atoms with Gasteiger partial charge in [-0.05, 0) is 19.3 Å². The highest BCUT2D eigenvalue weighted by atomic mass is 14.7. The molecule has 0 atom stereocenters. The quantitative estimate of drug-likeness (QED) is 0.513. The minimum absolute atomic E-state index is 1.03. The first-order valence-corrected chi connectivity index (χ1v) is 6.13. The summed E-state index contributed by atoms with van der Waals surface area (Å²) in [5, 5.41) is 0. The molecule has 0 radical (unpaired) electrons. The molecule has 0 unspecified atom stereocenters. The lowest BCUT2D eigenvalue weighted by atomic mass is 10.1. The van der Waals surface area contributed by atoms with Gasteiger partial charge in [0.25, 0.3) is 0 Å². The molecule has 0 saturated heterocycles. The SMILES string of the molecule is C1=CCCCCCCCCCN=CC1. The number of allylic oxidation sites excluding steroid dienone is 2. The number of rotatable bonds is 0. The van der Waals surface area contributed by atoms with Crippen molar-refractivity contribution in [1.82, 2.24) is 0 Å². The van der Waals surface area contributed by atoms with E-state index in [9.17, 15) is 0 Å². The highest BCUT2D eigenvalue weighted by molar-refractivity contribution is 5.59. The summed E-state index contributed by atoms with van der Waals surface area (Å²) in [7, 11) is 0. The fourth-order valence-electron chi connectivity index (χ4n) is 1.79. The summed E-state index contributed by atoms with van der Waals surface area (Å²) in [6.45, 7) is 1.04. The first kappa shape index (κ1) is 11.5. The van der Waals surface area contributed by atoms with Crippen molar-refractivity contribution < 1.29 is 0 Å². The minimum atomic E-state index is 1.03. The summed E-state index contributed by atoms with van der Waals surface area (Å²) in [4.78, 5) is 4.38. The van der Waals surface area contributed by atoms with Gasteiger partial charge in [-0.1, -0.05) is 44.3 Å². The van der Waals surface area contributed by atoms with E-state index in [1.165, 1.54) is 51.4 Å². The molecule has 0 N–H and O–H groups in total. The van der Waals surface area contributed by atoms with E-state index in [1.807, 2.05) is 0 Å². The Kier molecular flexibility index (Phi) is 7.37. The van der Waals surface area contributed by atoms with Crippen molar-refractivity contribution in [3.05, 3.63) is 12.2 Å². The normalized spacial score (nSPS) is 21.7. The monoisotopic (exact) mass is 193 g/mol. The molecule has 1 aliphatic rings. The van der Waals surface area contributed by atoms with Gasteiger partial charge in [0.15, 0.2) is 0 Å². The molecule has 0 spiro atoms. The van der Waals surface area contributed by atoms with Gasteiger partial charge >= 0.3 is 0 Å². The zero-order valence-electron chi connectivity index (χ0n) is 9.25. The number of hydrogen-bond acceptors (Lipinski definition) is 1. The molecular formula is C13H23N. The molecule has 80 valence electrons. The molecule has 0 aromatic rings. The highest BCUT2D eigenvalue weighted by Crippen LogP contribution is 2.09. The van der Waals surface area contributed by atoms with E-state index < -0.39 is 0 Å². The van der Waals surface area contributed by atoms with Gasteiger partial charge in [-0.15, -0.1) is 0 Å². The van der Waals surface area contributed by atoms with Crippen LogP contribution in [0.1, 0.15) is 57.8 Å². The molecule has 0 bridgehead atoms. The Morgan fingerprint density at radius 2 is 1.43 bits per heavy atom. The van der Waals surface area contributed by atoms with Crippen LogP contribution in [-0.2, 0) is 0 Å². The van der Waals surface area contributed by atoms with Gasteiger partial charge in [0.1, 0.15) is 0 Å². The third-order valence-electron chi connectivity index (χ3n) is 2.70. The average Bonchev–Trinajstić information content (AvgIpc) is 2.22. The largest absolute Gasteiger partial charge is 0.297 e. The summed E-state index contributed by atoms with van der Waals surface area (Å²) in [6.07, 6.45) is 18.6. The Balaban J connectivity index is 2.17. The van der Waals surface area contributed by atoms with Gasteiger partial charge in [0.2, 0.25) is 0 Å². The van der Waals surface area contributed by atoms with Crippen LogP contribution in [0.15, 0.2) is 17.1 Å². The minimum Gasteiger partial charge on any atom is -0.297 e. The van der Waals surface area contributed by atoms with Crippen molar-refractivity contribution in [2.24, 2.45) is 4.99 Å². The lowest BCUT2D eigenvalue weighted by molar-refractivity contribution is 0.584. The van der Waals surface area contributed by atoms with Gasteiger partial charge in [0.05, 0.1) is 0 Å². The molecule has 1 aliphatic heterocycles. The first-order chi connectivity index (χ1) is 7.00. The summed E-state index contributed by atoms with van der Waals surface area (Å²) in [5.41, 5.74) is 0. The molecular weight excluding hydrogens is 170 g/mol. The van der Waals surface area contributed by atoms with E-state index in [1.54, 1.807) is 0 Å². The highest BCUT2D eigenvalue weighted by Gasteiger charge is 1.91. The van der Waals surface area contributed by atoms with Crippen LogP contribution >= 0.6 is 0 Å². The van der Waals surface area contributed by atoms with Crippen molar-refractivity contribution in [1.29, 1.82) is 0 Å². The number of nitrogens with zero attached hydrogens (tertiary/aromatic N) is 1. The van der Waals surface area contributed by atoms with E-state index in [2.05, 4.69) is 23.4 Å². The molecule has 0 saturated carbocycles. The summed E-state index contributed by atoms with van der Waals surface area (Å²) >= 11 is 0. The fourth-order valence-corrected chi connectivity index (χ4v) is 1.79. The van der Waals surface area contributed by atoms with Gasteiger partial charge < -0.3 is 0 Å². The van der Waals surface area contributed by atoms with E-state index in [0.29, 0.717) is 0 Å². The maximum atomic E-state index is 4.38. The predicted molar refractivity (Wildman–Crippen MR) is 64.1 cm³/mol. The zero-order chi connectivity index (χ0) is 9.90. The maximum absolute atomic E-state index is 4.38. The molecule has 0 aromatic carbocycles. The standard InChI is InChI=1S/C13H23N/c1-2-4-6-8-10-12-14-13-11-9-7-5-3-1/h6,8,12H,1-5,7,9-11,13H2. The maximum Gasteiger partial charge on any atom is 0.0385 e. The first-order valence-electron chi connectivity index (χ1n) is 6.13. The van der Waals surface area contributed by atoms with E-state index in [-0.39, 0.29) is 0 Å². The fraction of sp³-hybridized carbons (Fsp3) is 0.769. The third kappa shape index (κ3) is 6.88. The summed E-state index contributed by atoms with van der Waals surface area (Å²) in [5.74, 6) is 0. The molecule has 0 fully saturated rings. The number of aliphatic imine (C=N–C) groups is 1. The molecule has 0 aliphatic carbocycles. The van der Waals surface area contributed by atoms with Crippen LogP contribution in [0.5, 0.6) is 0 Å². The second-order valence-corrected chi connectivity index (χ2v) is 4.06. The third-order valence-corrected chi connectivity index (χ3v) is 2.70. The molecule has 0 aromatic heterocycles. The van der Waals surface area contributed by atoms with Crippen LogP contribution in [0.3, 0.4) is 0 Å². The summed E-state index contributed by atoms with van der Waals surface area (Å²) < 4.78 is 0. The zero-order valence-corrected chi connectivity index (χ0v) is 9.25. The topological polar surface area (TPSA) is 12.4 Å². The molecule has 1 nitrogen and oxygen atoms in total. The van der Waals surface area contributed by atoms with Crippen molar-refractivity contribution >= 4 is 6.21 Å². The summed E-state index contributed by atoms with van der Waals surface area (Å²) in [6, 6.07) is 0. The van der Waals surface area contributed by atoms with Crippen molar-refractivity contribution in [2.45, 2.75) is 57.8 Å². The molecule has 1 rings (SSSR count). The average molecular weight is 193 g/mol. The lowest BCUT2D eigenvalue weighted by Crippen LogP contribution is -1.85. The van der Waals surface area contributed by atoms with Crippen LogP contribution < -0.4 is 0 Å². The second-order valence-electron chi connectivity index (χ2n) is 4.06. The van der Waals surface area contributed by atoms with Gasteiger partial charge in [-0.2, -0.15) is 0 Å². The Hall–Kier alpha value is -0.590. The van der Waals surface area contributed by atoms with E-state index in [0.717, 1.165) is 13.0 Å². The van der Waals surface area contributed by atoms with Crippen LogP contribution in [0, 0.1) is 0 Å². The van der Waals surface area contributed by atoms with Gasteiger partial charge in [-0.3, -0.25) is 4.99 Å². The smallest absolute Gasteiger partial charge is 0.0385 e. The van der Waals surface area contributed by atoms with Crippen LogP contribution in [0.25, 0.3) is 0 Å². The van der Waals surface area contributed by atoms with Crippen molar-refractivity contribution in [3.63, 3.8) is 0 Å². The number of hydrogen-bond donors (Lipinski definition) is 0. The van der Waals surface area contributed by atoms with Crippen molar-refractivity contribution in [3.8, 4) is 0 Å². The molecule has 1 heteroatoms.